The Morgan fingerprint density at radius 2 is 1.71 bits per heavy atom. The molecule has 172 valence electrons. The van der Waals surface area contributed by atoms with Gasteiger partial charge in [-0.15, -0.1) is 0 Å². The molecule has 2 saturated heterocycles. The van der Waals surface area contributed by atoms with Crippen LogP contribution in [0.2, 0.25) is 0 Å². The van der Waals surface area contributed by atoms with E-state index < -0.39 is 21.8 Å². The summed E-state index contributed by atoms with van der Waals surface area (Å²) in [6.45, 7) is 1.75. The van der Waals surface area contributed by atoms with E-state index >= 15 is 0 Å². The summed E-state index contributed by atoms with van der Waals surface area (Å²) in [5.74, 6) is 0.0665. The molecule has 1 saturated carbocycles. The number of hydrogen-bond acceptors (Lipinski definition) is 4. The van der Waals surface area contributed by atoms with Crippen LogP contribution in [0.25, 0.3) is 0 Å². The van der Waals surface area contributed by atoms with Gasteiger partial charge in [0.05, 0.1) is 16.5 Å². The second kappa shape index (κ2) is 8.71. The van der Waals surface area contributed by atoms with Crippen LogP contribution in [0, 0.1) is 0 Å². The van der Waals surface area contributed by atoms with Gasteiger partial charge in [0, 0.05) is 25.2 Å². The Morgan fingerprint density at radius 1 is 1.03 bits per heavy atom. The maximum Gasteiger partial charge on any atom is 0.416 e. The Labute approximate surface area is 180 Å². The molecule has 0 aromatic heterocycles. The quantitative estimate of drug-likeness (QED) is 0.735. The number of sulfonamides is 1. The van der Waals surface area contributed by atoms with Crippen molar-refractivity contribution in [3.8, 4) is 0 Å². The summed E-state index contributed by atoms with van der Waals surface area (Å²) < 4.78 is 67.4. The number of carbonyl (C=O) groups excluding carboxylic acids is 1. The third kappa shape index (κ3) is 4.90. The summed E-state index contributed by atoms with van der Waals surface area (Å²) in [6.07, 6.45) is 0.707. The fraction of sp³-hybridized carbons (Fsp3) is 0.667. The lowest BCUT2D eigenvalue weighted by Crippen LogP contribution is -2.54. The number of hydrogen-bond donors (Lipinski definition) is 1. The average molecular weight is 460 g/mol. The molecule has 2 aliphatic heterocycles. The van der Waals surface area contributed by atoms with E-state index in [0.29, 0.717) is 38.8 Å². The number of nitrogens with one attached hydrogen (secondary N) is 1. The van der Waals surface area contributed by atoms with Crippen molar-refractivity contribution < 1.29 is 26.4 Å². The van der Waals surface area contributed by atoms with Crippen LogP contribution in [0.1, 0.15) is 50.5 Å². The highest BCUT2D eigenvalue weighted by atomic mass is 32.2. The number of likely N-dealkylation sites (tertiary alicyclic amines) is 1. The molecule has 31 heavy (non-hydrogen) atoms. The van der Waals surface area contributed by atoms with E-state index in [1.165, 1.54) is 10.4 Å². The van der Waals surface area contributed by atoms with Gasteiger partial charge in [-0.25, -0.2) is 8.42 Å². The van der Waals surface area contributed by atoms with Gasteiger partial charge in [0.15, 0.2) is 0 Å². The number of alkyl halides is 3. The molecule has 1 aliphatic carbocycles. The molecule has 3 fully saturated rings. The maximum atomic E-state index is 13.3. The molecular formula is C21H28F3N3O3S. The van der Waals surface area contributed by atoms with Crippen LogP contribution in [-0.2, 0) is 21.0 Å². The smallest absolute Gasteiger partial charge is 0.341 e. The van der Waals surface area contributed by atoms with E-state index in [-0.39, 0.29) is 28.9 Å². The van der Waals surface area contributed by atoms with Gasteiger partial charge in [0.1, 0.15) is 0 Å². The van der Waals surface area contributed by atoms with E-state index in [4.69, 9.17) is 0 Å². The second-order valence-electron chi connectivity index (χ2n) is 8.65. The predicted octanol–water partition coefficient (Wildman–Crippen LogP) is 2.99. The number of piperidine rings is 2. The van der Waals surface area contributed by atoms with E-state index in [2.05, 4.69) is 5.32 Å². The Balaban J connectivity index is 1.48. The number of halogens is 3. The van der Waals surface area contributed by atoms with E-state index in [9.17, 15) is 26.4 Å². The highest BCUT2D eigenvalue weighted by Gasteiger charge is 2.44. The molecule has 2 heterocycles. The van der Waals surface area contributed by atoms with Gasteiger partial charge in [0.25, 0.3) is 0 Å². The Morgan fingerprint density at radius 3 is 2.29 bits per heavy atom. The molecule has 4 rings (SSSR count). The van der Waals surface area contributed by atoms with Gasteiger partial charge in [-0.1, -0.05) is 12.5 Å². The van der Waals surface area contributed by atoms with Crippen LogP contribution in [-0.4, -0.2) is 61.3 Å². The SMILES string of the molecule is O=C(C1CCCCN1)N1CCC(N(C2CC2)S(=O)(=O)c2cccc(C(F)(F)F)c2)CC1. The fourth-order valence-electron chi connectivity index (χ4n) is 4.60. The largest absolute Gasteiger partial charge is 0.416 e. The summed E-state index contributed by atoms with van der Waals surface area (Å²) in [5.41, 5.74) is -0.968. The van der Waals surface area contributed by atoms with E-state index in [0.717, 1.165) is 44.0 Å². The topological polar surface area (TPSA) is 69.7 Å². The lowest BCUT2D eigenvalue weighted by molar-refractivity contribution is -0.138. The van der Waals surface area contributed by atoms with Crippen LogP contribution >= 0.6 is 0 Å². The molecule has 1 aromatic rings. The molecule has 1 aromatic carbocycles. The van der Waals surface area contributed by atoms with Crippen LogP contribution in [0.5, 0.6) is 0 Å². The molecule has 0 bridgehead atoms. The molecule has 0 spiro atoms. The van der Waals surface area contributed by atoms with E-state index in [1.54, 1.807) is 4.90 Å². The minimum absolute atomic E-state index is 0.0665. The molecule has 1 atom stereocenters. The zero-order valence-electron chi connectivity index (χ0n) is 17.3. The molecule has 10 heteroatoms. The number of rotatable bonds is 5. The first-order valence-electron chi connectivity index (χ1n) is 10.9. The fourth-order valence-corrected chi connectivity index (χ4v) is 6.57. The minimum Gasteiger partial charge on any atom is -0.341 e. The van der Waals surface area contributed by atoms with Gasteiger partial charge in [-0.05, 0) is 63.3 Å². The summed E-state index contributed by atoms with van der Waals surface area (Å²) in [4.78, 5) is 14.2. The number of amides is 1. The van der Waals surface area contributed by atoms with Crippen LogP contribution in [0.4, 0.5) is 13.2 Å². The van der Waals surface area contributed by atoms with E-state index in [1.807, 2.05) is 0 Å². The molecule has 0 radical (unpaired) electrons. The zero-order chi connectivity index (χ0) is 22.2. The van der Waals surface area contributed by atoms with Gasteiger partial charge in [-0.3, -0.25) is 4.79 Å². The first-order chi connectivity index (χ1) is 14.7. The van der Waals surface area contributed by atoms with Crippen molar-refractivity contribution in [2.24, 2.45) is 0 Å². The summed E-state index contributed by atoms with van der Waals surface area (Å²) >= 11 is 0. The van der Waals surface area contributed by atoms with Gasteiger partial charge in [0.2, 0.25) is 15.9 Å². The highest BCUT2D eigenvalue weighted by molar-refractivity contribution is 7.89. The van der Waals surface area contributed by atoms with Crippen molar-refractivity contribution in [2.45, 2.75) is 74.1 Å². The van der Waals surface area contributed by atoms with Crippen molar-refractivity contribution in [1.82, 2.24) is 14.5 Å². The van der Waals surface area contributed by atoms with Gasteiger partial charge in [-0.2, -0.15) is 17.5 Å². The lowest BCUT2D eigenvalue weighted by Gasteiger charge is -2.39. The Hall–Kier alpha value is -1.65. The van der Waals surface area contributed by atoms with Crippen LogP contribution in [0.3, 0.4) is 0 Å². The first-order valence-corrected chi connectivity index (χ1v) is 12.3. The van der Waals surface area contributed by atoms with Gasteiger partial charge < -0.3 is 10.2 Å². The molecule has 3 aliphatic rings. The number of carbonyl (C=O) groups is 1. The molecular weight excluding hydrogens is 431 g/mol. The van der Waals surface area contributed by atoms with Gasteiger partial charge >= 0.3 is 6.18 Å². The van der Waals surface area contributed by atoms with Crippen molar-refractivity contribution >= 4 is 15.9 Å². The Bertz CT molecular complexity index is 904. The monoisotopic (exact) mass is 459 g/mol. The molecule has 1 unspecified atom stereocenters. The van der Waals surface area contributed by atoms with Crippen molar-refractivity contribution in [3.05, 3.63) is 29.8 Å². The van der Waals surface area contributed by atoms with Crippen LogP contribution < -0.4 is 5.32 Å². The summed E-state index contributed by atoms with van der Waals surface area (Å²) in [5, 5.41) is 3.25. The van der Waals surface area contributed by atoms with Crippen LogP contribution in [0.15, 0.2) is 29.2 Å². The standard InChI is InChI=1S/C21H28F3N3O3S/c22-21(23,24)15-4-3-5-18(14-15)31(29,30)27(16-7-8-16)17-9-12-26(13-10-17)20(28)19-6-1-2-11-25-19/h3-5,14,16-17,19,25H,1-2,6-13H2. The highest BCUT2D eigenvalue weighted by Crippen LogP contribution is 2.38. The zero-order valence-corrected chi connectivity index (χ0v) is 18.1. The number of benzene rings is 1. The lowest BCUT2D eigenvalue weighted by atomic mass is 10.0. The first kappa shape index (κ1) is 22.5. The Kier molecular flexibility index (Phi) is 6.33. The minimum atomic E-state index is -4.60. The van der Waals surface area contributed by atoms with Crippen molar-refractivity contribution in [1.29, 1.82) is 0 Å². The molecule has 6 nitrogen and oxygen atoms in total. The summed E-state index contributed by atoms with van der Waals surface area (Å²) in [6, 6.07) is 3.31. The predicted molar refractivity (Wildman–Crippen MR) is 109 cm³/mol. The third-order valence-corrected chi connectivity index (χ3v) is 8.39. The maximum absolute atomic E-state index is 13.3. The second-order valence-corrected chi connectivity index (χ2v) is 10.5. The van der Waals surface area contributed by atoms with Crippen molar-refractivity contribution in [2.75, 3.05) is 19.6 Å². The molecule has 1 N–H and O–H groups in total. The average Bonchev–Trinajstić information content (AvgIpc) is 3.59. The summed E-state index contributed by atoms with van der Waals surface area (Å²) in [7, 11) is -4.06. The molecule has 1 amide bonds. The van der Waals surface area contributed by atoms with Crippen molar-refractivity contribution in [3.63, 3.8) is 0 Å². The third-order valence-electron chi connectivity index (χ3n) is 6.39. The normalized spacial score (nSPS) is 23.9. The number of nitrogens with zero attached hydrogens (tertiary/aromatic N) is 2.